The fourth-order valence-corrected chi connectivity index (χ4v) is 4.95. The Bertz CT molecular complexity index is 1310. The van der Waals surface area contributed by atoms with Gasteiger partial charge in [-0.2, -0.15) is 5.10 Å². The molecule has 0 saturated carbocycles. The van der Waals surface area contributed by atoms with Gasteiger partial charge in [0, 0.05) is 54.7 Å². The Morgan fingerprint density at radius 1 is 1.06 bits per heavy atom. The standard InChI is InChI=1S/C24H24N6O2S/c1-16-5-2-3-6-17(16)13-18-14-25-24(33-18)27-22(31)23(32)30-11-9-29(10-12-30)21-8-4-7-20-19(21)15-26-28-20/h2-8,14-15H,9-13H2,1H3,(H,26,28)(H,25,27,31). The van der Waals surface area contributed by atoms with Gasteiger partial charge in [-0.15, -0.1) is 11.3 Å². The SMILES string of the molecule is Cc1ccccc1Cc1cnc(NC(=O)C(=O)N2CCN(c3cccc4[nH]ncc34)CC2)s1. The summed E-state index contributed by atoms with van der Waals surface area (Å²) in [5.74, 6) is -1.16. The first-order chi connectivity index (χ1) is 16.1. The number of aromatic nitrogens is 3. The molecule has 0 unspecified atom stereocenters. The first kappa shape index (κ1) is 21.1. The third-order valence-corrected chi connectivity index (χ3v) is 6.88. The lowest BCUT2D eigenvalue weighted by molar-refractivity contribution is -0.143. The lowest BCUT2D eigenvalue weighted by atomic mass is 10.1. The van der Waals surface area contributed by atoms with Crippen molar-refractivity contribution in [3.63, 3.8) is 0 Å². The number of nitrogens with one attached hydrogen (secondary N) is 2. The Kier molecular flexibility index (Phi) is 5.78. The average molecular weight is 461 g/mol. The number of H-pyrrole nitrogens is 1. The number of piperazine rings is 1. The van der Waals surface area contributed by atoms with Crippen LogP contribution in [0.1, 0.15) is 16.0 Å². The van der Waals surface area contributed by atoms with Crippen LogP contribution in [-0.4, -0.2) is 58.1 Å². The van der Waals surface area contributed by atoms with Gasteiger partial charge in [0.15, 0.2) is 5.13 Å². The van der Waals surface area contributed by atoms with Gasteiger partial charge in [0.25, 0.3) is 0 Å². The molecule has 5 rings (SSSR count). The maximum atomic E-state index is 12.7. The monoisotopic (exact) mass is 460 g/mol. The Labute approximate surface area is 195 Å². The number of benzene rings is 2. The normalized spacial score (nSPS) is 14.0. The molecule has 2 aromatic carbocycles. The Morgan fingerprint density at radius 2 is 1.88 bits per heavy atom. The van der Waals surface area contributed by atoms with Gasteiger partial charge in [0.05, 0.1) is 11.7 Å². The van der Waals surface area contributed by atoms with Crippen LogP contribution in [0.2, 0.25) is 0 Å². The maximum Gasteiger partial charge on any atom is 0.315 e. The number of hydrogen-bond acceptors (Lipinski definition) is 6. The predicted octanol–water partition coefficient (Wildman–Crippen LogP) is 3.21. The summed E-state index contributed by atoms with van der Waals surface area (Å²) < 4.78 is 0. The molecule has 0 bridgehead atoms. The van der Waals surface area contributed by atoms with E-state index in [1.165, 1.54) is 22.5 Å². The molecule has 2 aromatic heterocycles. The summed E-state index contributed by atoms with van der Waals surface area (Å²) in [6.45, 7) is 4.35. The summed E-state index contributed by atoms with van der Waals surface area (Å²) in [6.07, 6.45) is 4.32. The zero-order chi connectivity index (χ0) is 22.8. The molecule has 3 heterocycles. The van der Waals surface area contributed by atoms with E-state index in [2.05, 4.69) is 50.5 Å². The molecule has 0 aliphatic carbocycles. The smallest absolute Gasteiger partial charge is 0.315 e. The minimum absolute atomic E-state index is 0.446. The van der Waals surface area contributed by atoms with Gasteiger partial charge in [-0.05, 0) is 30.2 Å². The van der Waals surface area contributed by atoms with E-state index in [1.54, 1.807) is 11.1 Å². The number of fused-ring (bicyclic) bond motifs is 1. The largest absolute Gasteiger partial charge is 0.367 e. The first-order valence-corrected chi connectivity index (χ1v) is 11.7. The van der Waals surface area contributed by atoms with Crippen molar-refractivity contribution in [3.8, 4) is 0 Å². The van der Waals surface area contributed by atoms with E-state index in [0.717, 1.165) is 27.9 Å². The Morgan fingerprint density at radius 3 is 2.70 bits per heavy atom. The van der Waals surface area contributed by atoms with E-state index in [4.69, 9.17) is 0 Å². The second-order valence-corrected chi connectivity index (χ2v) is 9.19. The zero-order valence-corrected chi connectivity index (χ0v) is 19.1. The Balaban J connectivity index is 1.17. The zero-order valence-electron chi connectivity index (χ0n) is 18.2. The van der Waals surface area contributed by atoms with Crippen molar-refractivity contribution in [3.05, 3.63) is 70.9 Å². The molecule has 9 heteroatoms. The van der Waals surface area contributed by atoms with Crippen LogP contribution in [0, 0.1) is 6.92 Å². The van der Waals surface area contributed by atoms with E-state index in [1.807, 2.05) is 30.5 Å². The second kappa shape index (κ2) is 9.03. The number of carbonyl (C=O) groups excluding carboxylic acids is 2. The van der Waals surface area contributed by atoms with Crippen molar-refractivity contribution in [2.45, 2.75) is 13.3 Å². The van der Waals surface area contributed by atoms with Crippen LogP contribution in [-0.2, 0) is 16.0 Å². The topological polar surface area (TPSA) is 94.2 Å². The van der Waals surface area contributed by atoms with Crippen LogP contribution in [0.5, 0.6) is 0 Å². The second-order valence-electron chi connectivity index (χ2n) is 8.08. The summed E-state index contributed by atoms with van der Waals surface area (Å²) in [7, 11) is 0. The molecule has 1 aliphatic rings. The highest BCUT2D eigenvalue weighted by molar-refractivity contribution is 7.15. The van der Waals surface area contributed by atoms with Crippen LogP contribution >= 0.6 is 11.3 Å². The number of nitrogens with zero attached hydrogens (tertiary/aromatic N) is 4. The van der Waals surface area contributed by atoms with Gasteiger partial charge < -0.3 is 9.80 Å². The quantitative estimate of drug-likeness (QED) is 0.456. The van der Waals surface area contributed by atoms with Crippen LogP contribution in [0.25, 0.3) is 10.9 Å². The van der Waals surface area contributed by atoms with Crippen molar-refractivity contribution in [2.75, 3.05) is 36.4 Å². The molecule has 8 nitrogen and oxygen atoms in total. The van der Waals surface area contributed by atoms with Gasteiger partial charge in [0.2, 0.25) is 0 Å². The lowest BCUT2D eigenvalue weighted by Crippen LogP contribution is -2.51. The number of anilines is 2. The molecule has 1 saturated heterocycles. The molecule has 0 spiro atoms. The highest BCUT2D eigenvalue weighted by atomic mass is 32.1. The summed E-state index contributed by atoms with van der Waals surface area (Å²) >= 11 is 1.40. The van der Waals surface area contributed by atoms with Gasteiger partial charge in [-0.1, -0.05) is 30.3 Å². The van der Waals surface area contributed by atoms with Crippen molar-refractivity contribution < 1.29 is 9.59 Å². The minimum atomic E-state index is -0.642. The minimum Gasteiger partial charge on any atom is -0.367 e. The van der Waals surface area contributed by atoms with Gasteiger partial charge in [-0.3, -0.25) is 20.0 Å². The van der Waals surface area contributed by atoms with Crippen LogP contribution in [0.15, 0.2) is 54.9 Å². The number of aromatic amines is 1. The molecule has 0 radical (unpaired) electrons. The van der Waals surface area contributed by atoms with E-state index < -0.39 is 11.8 Å². The molecular weight excluding hydrogens is 436 g/mol. The molecule has 0 atom stereocenters. The van der Waals surface area contributed by atoms with Gasteiger partial charge in [-0.25, -0.2) is 4.98 Å². The van der Waals surface area contributed by atoms with Crippen molar-refractivity contribution in [1.29, 1.82) is 0 Å². The number of hydrogen-bond donors (Lipinski definition) is 2. The third kappa shape index (κ3) is 4.45. The highest BCUT2D eigenvalue weighted by Crippen LogP contribution is 2.26. The molecule has 4 aromatic rings. The summed E-state index contributed by atoms with van der Waals surface area (Å²) in [5.41, 5.74) is 4.51. The number of amides is 2. The number of thiazole rings is 1. The van der Waals surface area contributed by atoms with Crippen LogP contribution < -0.4 is 10.2 Å². The molecule has 1 aliphatic heterocycles. The highest BCUT2D eigenvalue weighted by Gasteiger charge is 2.27. The molecular formula is C24H24N6O2S. The number of carbonyl (C=O) groups is 2. The van der Waals surface area contributed by atoms with Crippen molar-refractivity contribution in [1.82, 2.24) is 20.1 Å². The molecule has 2 amide bonds. The fraction of sp³-hybridized carbons (Fsp3) is 0.250. The van der Waals surface area contributed by atoms with E-state index in [9.17, 15) is 9.59 Å². The van der Waals surface area contributed by atoms with Crippen LogP contribution in [0.3, 0.4) is 0 Å². The van der Waals surface area contributed by atoms with Crippen molar-refractivity contribution >= 4 is 44.9 Å². The number of rotatable bonds is 4. The first-order valence-electron chi connectivity index (χ1n) is 10.8. The molecule has 2 N–H and O–H groups in total. The van der Waals surface area contributed by atoms with Gasteiger partial charge >= 0.3 is 11.8 Å². The summed E-state index contributed by atoms with van der Waals surface area (Å²) in [6, 6.07) is 14.2. The summed E-state index contributed by atoms with van der Waals surface area (Å²) in [5, 5.41) is 11.3. The van der Waals surface area contributed by atoms with E-state index in [0.29, 0.717) is 31.3 Å². The molecule has 1 fully saturated rings. The Hall–Kier alpha value is -3.72. The lowest BCUT2D eigenvalue weighted by Gasteiger charge is -2.35. The van der Waals surface area contributed by atoms with Gasteiger partial charge in [0.1, 0.15) is 0 Å². The third-order valence-electron chi connectivity index (χ3n) is 5.96. The maximum absolute atomic E-state index is 12.7. The number of aryl methyl sites for hydroxylation is 1. The molecule has 168 valence electrons. The predicted molar refractivity (Wildman–Crippen MR) is 130 cm³/mol. The van der Waals surface area contributed by atoms with E-state index in [-0.39, 0.29) is 0 Å². The van der Waals surface area contributed by atoms with E-state index >= 15 is 0 Å². The fourth-order valence-electron chi connectivity index (χ4n) is 4.12. The van der Waals surface area contributed by atoms with Crippen LogP contribution in [0.4, 0.5) is 10.8 Å². The van der Waals surface area contributed by atoms with Crippen molar-refractivity contribution in [2.24, 2.45) is 0 Å². The average Bonchev–Trinajstić information content (AvgIpc) is 3.49. The molecule has 33 heavy (non-hydrogen) atoms. The summed E-state index contributed by atoms with van der Waals surface area (Å²) in [4.78, 5) is 34.4.